The van der Waals surface area contributed by atoms with Crippen LogP contribution in [0.5, 0.6) is 5.75 Å². The molecule has 9 nitrogen and oxygen atoms in total. The number of aromatic nitrogens is 3. The lowest BCUT2D eigenvalue weighted by Gasteiger charge is -2.28. The first-order chi connectivity index (χ1) is 17.0. The predicted molar refractivity (Wildman–Crippen MR) is 129 cm³/mol. The Morgan fingerprint density at radius 2 is 1.71 bits per heavy atom. The number of fused-ring (bicyclic) bond motifs is 2. The van der Waals surface area contributed by atoms with Crippen molar-refractivity contribution in [2.24, 2.45) is 5.73 Å². The van der Waals surface area contributed by atoms with Crippen LogP contribution in [0.1, 0.15) is 32.1 Å². The SMILES string of the molecule is NC(=O)c1nn(-c2ccc3c(c2)CCO3)c2c1CCN(c1ccc(-n3ccccc3=O)cc1)C2=O. The zero-order chi connectivity index (χ0) is 24.1. The van der Waals surface area contributed by atoms with E-state index in [0.717, 1.165) is 17.7 Å². The van der Waals surface area contributed by atoms with E-state index in [2.05, 4.69) is 5.10 Å². The number of anilines is 1. The topological polar surface area (TPSA) is 112 Å². The third kappa shape index (κ3) is 3.40. The Bertz CT molecular complexity index is 1550. The van der Waals surface area contributed by atoms with Gasteiger partial charge in [-0.1, -0.05) is 6.07 Å². The van der Waals surface area contributed by atoms with Gasteiger partial charge in [-0.15, -0.1) is 0 Å². The second kappa shape index (κ2) is 7.98. The molecule has 4 heterocycles. The number of carbonyl (C=O) groups excluding carboxylic acids is 2. The first-order valence-corrected chi connectivity index (χ1v) is 11.3. The number of pyridine rings is 1. The van der Waals surface area contributed by atoms with Crippen molar-refractivity contribution in [3.05, 3.63) is 99.7 Å². The highest BCUT2D eigenvalue weighted by Gasteiger charge is 2.34. The van der Waals surface area contributed by atoms with Crippen LogP contribution in [0.4, 0.5) is 5.69 Å². The minimum atomic E-state index is -0.664. The van der Waals surface area contributed by atoms with Gasteiger partial charge in [0.1, 0.15) is 11.4 Å². The highest BCUT2D eigenvalue weighted by atomic mass is 16.5. The molecule has 2 aliphatic rings. The Balaban J connectivity index is 1.40. The fraction of sp³-hybridized carbons (Fsp3) is 0.154. The molecule has 0 unspecified atom stereocenters. The Labute approximate surface area is 200 Å². The molecule has 0 saturated carbocycles. The predicted octanol–water partition coefficient (Wildman–Crippen LogP) is 2.26. The summed E-state index contributed by atoms with van der Waals surface area (Å²) >= 11 is 0. The number of nitrogens with two attached hydrogens (primary N) is 1. The third-order valence-corrected chi connectivity index (χ3v) is 6.43. The molecule has 0 atom stereocenters. The van der Waals surface area contributed by atoms with Crippen molar-refractivity contribution in [3.63, 3.8) is 0 Å². The van der Waals surface area contributed by atoms with E-state index in [1.165, 1.54) is 15.3 Å². The molecule has 2 aromatic heterocycles. The van der Waals surface area contributed by atoms with Gasteiger partial charge in [0.05, 0.1) is 12.3 Å². The van der Waals surface area contributed by atoms with Gasteiger partial charge in [-0.3, -0.25) is 19.0 Å². The van der Waals surface area contributed by atoms with E-state index in [-0.39, 0.29) is 17.2 Å². The van der Waals surface area contributed by atoms with Gasteiger partial charge in [0, 0.05) is 42.2 Å². The van der Waals surface area contributed by atoms with Crippen LogP contribution in [-0.2, 0) is 12.8 Å². The number of primary amides is 1. The molecular formula is C26H21N5O4. The van der Waals surface area contributed by atoms with E-state index in [1.54, 1.807) is 47.5 Å². The summed E-state index contributed by atoms with van der Waals surface area (Å²) in [5, 5.41) is 4.44. The van der Waals surface area contributed by atoms with Crippen LogP contribution in [0, 0.1) is 0 Å². The number of rotatable bonds is 4. The summed E-state index contributed by atoms with van der Waals surface area (Å²) in [6.45, 7) is 0.987. The van der Waals surface area contributed by atoms with E-state index in [0.29, 0.717) is 47.9 Å². The van der Waals surface area contributed by atoms with E-state index < -0.39 is 5.91 Å². The van der Waals surface area contributed by atoms with E-state index in [9.17, 15) is 14.4 Å². The molecule has 0 bridgehead atoms. The van der Waals surface area contributed by atoms with Crippen molar-refractivity contribution >= 4 is 17.5 Å². The van der Waals surface area contributed by atoms with Gasteiger partial charge >= 0.3 is 0 Å². The molecular weight excluding hydrogens is 446 g/mol. The van der Waals surface area contributed by atoms with Crippen molar-refractivity contribution in [2.75, 3.05) is 18.1 Å². The van der Waals surface area contributed by atoms with Gasteiger partial charge in [-0.25, -0.2) is 4.68 Å². The number of carbonyl (C=O) groups is 2. The minimum Gasteiger partial charge on any atom is -0.493 e. The van der Waals surface area contributed by atoms with Gasteiger partial charge < -0.3 is 15.4 Å². The number of nitrogens with zero attached hydrogens (tertiary/aromatic N) is 4. The number of ether oxygens (including phenoxy) is 1. The van der Waals surface area contributed by atoms with Crippen molar-refractivity contribution in [1.82, 2.24) is 14.3 Å². The van der Waals surface area contributed by atoms with Crippen LogP contribution in [0.15, 0.2) is 71.7 Å². The Morgan fingerprint density at radius 3 is 2.49 bits per heavy atom. The first kappa shape index (κ1) is 20.9. The highest BCUT2D eigenvalue weighted by Crippen LogP contribution is 2.32. The molecule has 174 valence electrons. The highest BCUT2D eigenvalue weighted by molar-refractivity contribution is 6.09. The summed E-state index contributed by atoms with van der Waals surface area (Å²) in [7, 11) is 0. The lowest BCUT2D eigenvalue weighted by atomic mass is 10.0. The van der Waals surface area contributed by atoms with Crippen LogP contribution in [-0.4, -0.2) is 39.3 Å². The molecule has 2 amide bonds. The smallest absolute Gasteiger partial charge is 0.277 e. The van der Waals surface area contributed by atoms with Gasteiger partial charge in [0.2, 0.25) is 0 Å². The summed E-state index contributed by atoms with van der Waals surface area (Å²) in [5.74, 6) is -0.119. The monoisotopic (exact) mass is 467 g/mol. The average molecular weight is 467 g/mol. The van der Waals surface area contributed by atoms with E-state index in [1.807, 2.05) is 18.2 Å². The zero-order valence-corrected chi connectivity index (χ0v) is 18.7. The summed E-state index contributed by atoms with van der Waals surface area (Å²) in [4.78, 5) is 39.7. The van der Waals surface area contributed by atoms with Gasteiger partial charge in [0.15, 0.2) is 5.69 Å². The Kier molecular flexibility index (Phi) is 4.77. The quantitative estimate of drug-likeness (QED) is 0.495. The van der Waals surface area contributed by atoms with Crippen molar-refractivity contribution < 1.29 is 14.3 Å². The van der Waals surface area contributed by atoms with Crippen LogP contribution in [0.3, 0.4) is 0 Å². The normalized spacial score (nSPS) is 14.4. The Morgan fingerprint density at radius 1 is 0.943 bits per heavy atom. The molecule has 4 aromatic rings. The largest absolute Gasteiger partial charge is 0.493 e. The maximum atomic E-state index is 13.7. The molecule has 0 aliphatic carbocycles. The Hall–Kier alpha value is -4.66. The average Bonchev–Trinajstić information content (AvgIpc) is 3.50. The third-order valence-electron chi connectivity index (χ3n) is 6.43. The number of benzene rings is 2. The van der Waals surface area contributed by atoms with E-state index >= 15 is 0 Å². The summed E-state index contributed by atoms with van der Waals surface area (Å²) < 4.78 is 8.64. The zero-order valence-electron chi connectivity index (χ0n) is 18.7. The van der Waals surface area contributed by atoms with E-state index in [4.69, 9.17) is 10.5 Å². The fourth-order valence-corrected chi connectivity index (χ4v) is 4.73. The van der Waals surface area contributed by atoms with Crippen LogP contribution < -0.4 is 20.9 Å². The van der Waals surface area contributed by atoms with Crippen LogP contribution >= 0.6 is 0 Å². The van der Waals surface area contributed by atoms with Crippen molar-refractivity contribution in [1.29, 1.82) is 0 Å². The summed E-state index contributed by atoms with van der Waals surface area (Å²) in [6.07, 6.45) is 2.90. The number of amides is 2. The van der Waals surface area contributed by atoms with Gasteiger partial charge in [-0.2, -0.15) is 5.10 Å². The van der Waals surface area contributed by atoms with Crippen LogP contribution in [0.2, 0.25) is 0 Å². The summed E-state index contributed by atoms with van der Waals surface area (Å²) in [5.41, 5.74) is 9.55. The standard InChI is InChI=1S/C26H21N5O4/c27-25(33)23-20-10-13-30(18-6-4-17(5-7-18)29-12-2-1-3-22(29)32)26(34)24(20)31(28-23)19-8-9-21-16(15-19)11-14-35-21/h1-9,12,15H,10-11,13-14H2,(H2,27,33). The molecule has 9 heteroatoms. The molecule has 2 aliphatic heterocycles. The summed E-state index contributed by atoms with van der Waals surface area (Å²) in [6, 6.07) is 17.8. The molecule has 0 fully saturated rings. The maximum Gasteiger partial charge on any atom is 0.277 e. The second-order valence-electron chi connectivity index (χ2n) is 8.47. The second-order valence-corrected chi connectivity index (χ2v) is 8.47. The van der Waals surface area contributed by atoms with Gasteiger partial charge in [-0.05, 0) is 60.5 Å². The molecule has 35 heavy (non-hydrogen) atoms. The molecule has 0 saturated heterocycles. The maximum absolute atomic E-state index is 13.7. The molecule has 0 radical (unpaired) electrons. The van der Waals surface area contributed by atoms with Crippen molar-refractivity contribution in [3.8, 4) is 17.1 Å². The molecule has 0 spiro atoms. The molecule has 2 N–H and O–H groups in total. The molecule has 2 aromatic carbocycles. The fourth-order valence-electron chi connectivity index (χ4n) is 4.73. The lowest BCUT2D eigenvalue weighted by molar-refractivity contribution is 0.0972. The van der Waals surface area contributed by atoms with Gasteiger partial charge in [0.25, 0.3) is 17.4 Å². The first-order valence-electron chi connectivity index (χ1n) is 11.3. The number of hydrogen-bond donors (Lipinski definition) is 1. The number of hydrogen-bond acceptors (Lipinski definition) is 5. The lowest BCUT2D eigenvalue weighted by Crippen LogP contribution is -2.39. The minimum absolute atomic E-state index is 0.114. The van der Waals surface area contributed by atoms with Crippen LogP contribution in [0.25, 0.3) is 11.4 Å². The van der Waals surface area contributed by atoms with Crippen molar-refractivity contribution in [2.45, 2.75) is 12.8 Å². The molecule has 6 rings (SSSR count).